The van der Waals surface area contributed by atoms with Crippen molar-refractivity contribution in [3.8, 4) is 0 Å². The molecule has 96 valence electrons. The molecule has 1 rings (SSSR count). The lowest BCUT2D eigenvalue weighted by atomic mass is 9.92. The average Bonchev–Trinajstić information content (AvgIpc) is 2.63. The lowest BCUT2D eigenvalue weighted by Gasteiger charge is -2.24. The maximum atomic E-state index is 11.3. The molecule has 0 spiro atoms. The van der Waals surface area contributed by atoms with E-state index in [1.54, 1.807) is 12.5 Å². The quantitative estimate of drug-likeness (QED) is 0.803. The SMILES string of the molecule is CC(C)C(N)c1cncn1CC(C)(C)C(N)=O. The zero-order chi connectivity index (χ0) is 13.2. The van der Waals surface area contributed by atoms with Crippen molar-refractivity contribution in [3.63, 3.8) is 0 Å². The van der Waals surface area contributed by atoms with Gasteiger partial charge >= 0.3 is 0 Å². The molecule has 0 radical (unpaired) electrons. The van der Waals surface area contributed by atoms with Gasteiger partial charge in [-0.15, -0.1) is 0 Å². The Bertz CT molecular complexity index is 395. The van der Waals surface area contributed by atoms with Crippen LogP contribution in [0.5, 0.6) is 0 Å². The molecule has 17 heavy (non-hydrogen) atoms. The number of rotatable bonds is 5. The maximum absolute atomic E-state index is 11.3. The van der Waals surface area contributed by atoms with Crippen molar-refractivity contribution < 1.29 is 4.79 Å². The summed E-state index contributed by atoms with van der Waals surface area (Å²) in [4.78, 5) is 15.4. The Labute approximate surface area is 102 Å². The van der Waals surface area contributed by atoms with Gasteiger partial charge in [0.15, 0.2) is 0 Å². The number of hydrogen-bond donors (Lipinski definition) is 2. The van der Waals surface area contributed by atoms with Gasteiger partial charge in [0.1, 0.15) is 0 Å². The molecular weight excluding hydrogens is 216 g/mol. The highest BCUT2D eigenvalue weighted by Crippen LogP contribution is 2.23. The number of aromatic nitrogens is 2. The standard InChI is InChI=1S/C12H22N4O/c1-8(2)10(13)9-5-15-7-16(9)6-12(3,4)11(14)17/h5,7-8,10H,6,13H2,1-4H3,(H2,14,17). The third-order valence-electron chi connectivity index (χ3n) is 3.04. The van der Waals surface area contributed by atoms with Crippen LogP contribution >= 0.6 is 0 Å². The summed E-state index contributed by atoms with van der Waals surface area (Å²) in [6.07, 6.45) is 3.45. The molecule has 0 saturated carbocycles. The molecule has 0 aliphatic heterocycles. The highest BCUT2D eigenvalue weighted by molar-refractivity contribution is 5.79. The fourth-order valence-electron chi connectivity index (χ4n) is 1.59. The minimum Gasteiger partial charge on any atom is -0.369 e. The molecule has 1 atom stereocenters. The van der Waals surface area contributed by atoms with Gasteiger partial charge in [-0.1, -0.05) is 13.8 Å². The van der Waals surface area contributed by atoms with Crippen molar-refractivity contribution in [2.75, 3.05) is 0 Å². The molecule has 0 aliphatic carbocycles. The summed E-state index contributed by atoms with van der Waals surface area (Å²) in [5, 5.41) is 0. The Morgan fingerprint density at radius 3 is 2.59 bits per heavy atom. The molecule has 1 amide bonds. The van der Waals surface area contributed by atoms with E-state index in [1.165, 1.54) is 0 Å². The molecule has 1 aromatic heterocycles. The molecule has 0 bridgehead atoms. The monoisotopic (exact) mass is 238 g/mol. The molecule has 1 unspecified atom stereocenters. The van der Waals surface area contributed by atoms with E-state index in [0.717, 1.165) is 5.69 Å². The summed E-state index contributed by atoms with van der Waals surface area (Å²) in [5.41, 5.74) is 11.8. The lowest BCUT2D eigenvalue weighted by molar-refractivity contribution is -0.126. The van der Waals surface area contributed by atoms with Crippen molar-refractivity contribution in [1.29, 1.82) is 0 Å². The fraction of sp³-hybridized carbons (Fsp3) is 0.667. The molecule has 5 nitrogen and oxygen atoms in total. The number of nitrogens with two attached hydrogens (primary N) is 2. The molecule has 1 heterocycles. The van der Waals surface area contributed by atoms with E-state index in [9.17, 15) is 4.79 Å². The molecular formula is C12H22N4O. The van der Waals surface area contributed by atoms with E-state index >= 15 is 0 Å². The smallest absolute Gasteiger partial charge is 0.224 e. The van der Waals surface area contributed by atoms with Crippen molar-refractivity contribution in [2.45, 2.75) is 40.3 Å². The van der Waals surface area contributed by atoms with Gasteiger partial charge in [-0.05, 0) is 19.8 Å². The number of carbonyl (C=O) groups is 1. The first-order valence-electron chi connectivity index (χ1n) is 5.81. The maximum Gasteiger partial charge on any atom is 0.224 e. The van der Waals surface area contributed by atoms with Gasteiger partial charge < -0.3 is 16.0 Å². The van der Waals surface area contributed by atoms with Crippen molar-refractivity contribution in [1.82, 2.24) is 9.55 Å². The summed E-state index contributed by atoms with van der Waals surface area (Å²) >= 11 is 0. The highest BCUT2D eigenvalue weighted by Gasteiger charge is 2.27. The van der Waals surface area contributed by atoms with E-state index in [2.05, 4.69) is 18.8 Å². The number of carbonyl (C=O) groups excluding carboxylic acids is 1. The van der Waals surface area contributed by atoms with E-state index in [-0.39, 0.29) is 11.9 Å². The number of imidazole rings is 1. The van der Waals surface area contributed by atoms with Crippen molar-refractivity contribution in [3.05, 3.63) is 18.2 Å². The summed E-state index contributed by atoms with van der Waals surface area (Å²) in [7, 11) is 0. The van der Waals surface area contributed by atoms with Gasteiger partial charge in [-0.2, -0.15) is 0 Å². The Balaban J connectivity index is 2.94. The van der Waals surface area contributed by atoms with Crippen LogP contribution < -0.4 is 11.5 Å². The predicted molar refractivity (Wildman–Crippen MR) is 67.0 cm³/mol. The van der Waals surface area contributed by atoms with Gasteiger partial charge in [0.25, 0.3) is 0 Å². The van der Waals surface area contributed by atoms with Gasteiger partial charge in [-0.25, -0.2) is 4.98 Å². The largest absolute Gasteiger partial charge is 0.369 e. The van der Waals surface area contributed by atoms with E-state index < -0.39 is 5.41 Å². The zero-order valence-corrected chi connectivity index (χ0v) is 11.0. The normalized spacial score (nSPS) is 14.0. The molecule has 4 N–H and O–H groups in total. The lowest BCUT2D eigenvalue weighted by Crippen LogP contribution is -2.36. The van der Waals surface area contributed by atoms with Crippen LogP contribution in [0.25, 0.3) is 0 Å². The Kier molecular flexibility index (Phi) is 3.93. The van der Waals surface area contributed by atoms with Crippen LogP contribution in [0.3, 0.4) is 0 Å². The summed E-state index contributed by atoms with van der Waals surface area (Å²) in [6.45, 7) is 8.25. The predicted octanol–water partition coefficient (Wildman–Crippen LogP) is 1.05. The minimum atomic E-state index is -0.605. The molecule has 0 saturated heterocycles. The third kappa shape index (κ3) is 3.06. The zero-order valence-electron chi connectivity index (χ0n) is 11.0. The Hall–Kier alpha value is -1.36. The number of nitrogens with zero attached hydrogens (tertiary/aromatic N) is 2. The van der Waals surface area contributed by atoms with Crippen molar-refractivity contribution in [2.24, 2.45) is 22.8 Å². The Morgan fingerprint density at radius 2 is 2.12 bits per heavy atom. The second-order valence-electron chi connectivity index (χ2n) is 5.46. The van der Waals surface area contributed by atoms with E-state index in [0.29, 0.717) is 12.5 Å². The van der Waals surface area contributed by atoms with Crippen molar-refractivity contribution >= 4 is 5.91 Å². The molecule has 0 fully saturated rings. The number of hydrogen-bond acceptors (Lipinski definition) is 3. The molecule has 1 aromatic rings. The van der Waals surface area contributed by atoms with Gasteiger partial charge in [0, 0.05) is 18.8 Å². The first-order chi connectivity index (χ1) is 7.75. The third-order valence-corrected chi connectivity index (χ3v) is 3.04. The first kappa shape index (κ1) is 13.7. The van der Waals surface area contributed by atoms with Crippen LogP contribution in [0.4, 0.5) is 0 Å². The summed E-state index contributed by atoms with van der Waals surface area (Å²) in [5.74, 6) is -0.00240. The summed E-state index contributed by atoms with van der Waals surface area (Å²) in [6, 6.07) is -0.0822. The molecule has 0 aromatic carbocycles. The van der Waals surface area contributed by atoms with Crippen LogP contribution in [0.15, 0.2) is 12.5 Å². The van der Waals surface area contributed by atoms with Crippen LogP contribution in [-0.4, -0.2) is 15.5 Å². The topological polar surface area (TPSA) is 86.9 Å². The number of primary amides is 1. The van der Waals surface area contributed by atoms with Crippen LogP contribution in [0.1, 0.15) is 39.4 Å². The van der Waals surface area contributed by atoms with Crippen LogP contribution in [0, 0.1) is 11.3 Å². The fourth-order valence-corrected chi connectivity index (χ4v) is 1.59. The second-order valence-corrected chi connectivity index (χ2v) is 5.46. The van der Waals surface area contributed by atoms with Gasteiger partial charge in [0.05, 0.1) is 17.4 Å². The van der Waals surface area contributed by atoms with E-state index in [4.69, 9.17) is 11.5 Å². The van der Waals surface area contributed by atoms with Crippen LogP contribution in [0.2, 0.25) is 0 Å². The molecule has 5 heteroatoms. The Morgan fingerprint density at radius 1 is 1.53 bits per heavy atom. The van der Waals surface area contributed by atoms with Gasteiger partial charge in [0.2, 0.25) is 5.91 Å². The number of amides is 1. The average molecular weight is 238 g/mol. The van der Waals surface area contributed by atoms with Gasteiger partial charge in [-0.3, -0.25) is 4.79 Å². The first-order valence-corrected chi connectivity index (χ1v) is 5.81. The van der Waals surface area contributed by atoms with E-state index in [1.807, 2.05) is 18.4 Å². The second kappa shape index (κ2) is 4.87. The summed E-state index contributed by atoms with van der Waals surface area (Å²) < 4.78 is 1.91. The minimum absolute atomic E-state index is 0.0822. The van der Waals surface area contributed by atoms with Crippen LogP contribution in [-0.2, 0) is 11.3 Å². The molecule has 0 aliphatic rings. The highest BCUT2D eigenvalue weighted by atomic mass is 16.1.